The Kier molecular flexibility index (Phi) is 4.85. The lowest BCUT2D eigenvalue weighted by atomic mass is 9.83. The van der Waals surface area contributed by atoms with Gasteiger partial charge in [0, 0.05) is 5.92 Å². The predicted molar refractivity (Wildman–Crippen MR) is 104 cm³/mol. The summed E-state index contributed by atoms with van der Waals surface area (Å²) in [6.45, 7) is 6.79. The van der Waals surface area contributed by atoms with Crippen molar-refractivity contribution in [2.45, 2.75) is 38.5 Å². The maximum Gasteiger partial charge on any atom is 0.0130 e. The Balaban J connectivity index is 1.90. The van der Waals surface area contributed by atoms with Crippen LogP contribution >= 0.6 is 0 Å². The molecule has 0 spiro atoms. The lowest BCUT2D eigenvalue weighted by Gasteiger charge is -2.21. The van der Waals surface area contributed by atoms with Gasteiger partial charge < -0.3 is 0 Å². The fraction of sp³-hybridized carbons (Fsp3) is 0.250. The second kappa shape index (κ2) is 7.05. The quantitative estimate of drug-likeness (QED) is 0.525. The van der Waals surface area contributed by atoms with Crippen molar-refractivity contribution in [3.05, 3.63) is 107 Å². The molecule has 0 saturated heterocycles. The summed E-state index contributed by atoms with van der Waals surface area (Å²) in [5.74, 6) is 0.396. The zero-order valence-corrected chi connectivity index (χ0v) is 14.9. The SMILES string of the molecule is CC(C)(C)c1ccc(CC(c2ccccc2)c2ccccc2)cc1. The van der Waals surface area contributed by atoms with Crippen LogP contribution in [-0.2, 0) is 11.8 Å². The highest BCUT2D eigenvalue weighted by Crippen LogP contribution is 2.29. The molecule has 24 heavy (non-hydrogen) atoms. The van der Waals surface area contributed by atoms with Gasteiger partial charge in [0.25, 0.3) is 0 Å². The molecule has 0 N–H and O–H groups in total. The molecule has 0 heterocycles. The van der Waals surface area contributed by atoms with Gasteiger partial charge in [-0.05, 0) is 34.1 Å². The van der Waals surface area contributed by atoms with Crippen molar-refractivity contribution in [1.29, 1.82) is 0 Å². The zero-order chi connectivity index (χ0) is 17.0. The highest BCUT2D eigenvalue weighted by atomic mass is 14.2. The van der Waals surface area contributed by atoms with Crippen molar-refractivity contribution in [2.75, 3.05) is 0 Å². The monoisotopic (exact) mass is 314 g/mol. The first kappa shape index (κ1) is 16.5. The van der Waals surface area contributed by atoms with E-state index in [4.69, 9.17) is 0 Å². The fourth-order valence-corrected chi connectivity index (χ4v) is 3.18. The van der Waals surface area contributed by atoms with Gasteiger partial charge >= 0.3 is 0 Å². The third kappa shape index (κ3) is 3.94. The Morgan fingerprint density at radius 2 is 1.08 bits per heavy atom. The number of hydrogen-bond acceptors (Lipinski definition) is 0. The molecule has 0 saturated carbocycles. The molecule has 3 rings (SSSR count). The molecule has 0 nitrogen and oxygen atoms in total. The van der Waals surface area contributed by atoms with E-state index in [0.717, 1.165) is 6.42 Å². The summed E-state index contributed by atoms with van der Waals surface area (Å²) in [5.41, 5.74) is 5.74. The molecular weight excluding hydrogens is 288 g/mol. The summed E-state index contributed by atoms with van der Waals surface area (Å²) in [7, 11) is 0. The Labute approximate surface area is 146 Å². The second-order valence-corrected chi connectivity index (χ2v) is 7.53. The fourth-order valence-electron chi connectivity index (χ4n) is 3.18. The number of hydrogen-bond donors (Lipinski definition) is 0. The van der Waals surface area contributed by atoms with Crippen LogP contribution in [0.2, 0.25) is 0 Å². The van der Waals surface area contributed by atoms with E-state index in [1.54, 1.807) is 0 Å². The minimum Gasteiger partial charge on any atom is -0.0622 e. The van der Waals surface area contributed by atoms with E-state index >= 15 is 0 Å². The minimum absolute atomic E-state index is 0.205. The van der Waals surface area contributed by atoms with Crippen molar-refractivity contribution in [3.63, 3.8) is 0 Å². The maximum atomic E-state index is 2.29. The van der Waals surface area contributed by atoms with E-state index in [1.807, 2.05) is 0 Å². The van der Waals surface area contributed by atoms with Crippen LogP contribution in [0.25, 0.3) is 0 Å². The zero-order valence-electron chi connectivity index (χ0n) is 14.9. The predicted octanol–water partition coefficient (Wildman–Crippen LogP) is 6.36. The topological polar surface area (TPSA) is 0 Å². The van der Waals surface area contributed by atoms with Gasteiger partial charge in [0.2, 0.25) is 0 Å². The largest absolute Gasteiger partial charge is 0.0622 e. The van der Waals surface area contributed by atoms with Crippen molar-refractivity contribution in [2.24, 2.45) is 0 Å². The Morgan fingerprint density at radius 3 is 1.50 bits per heavy atom. The van der Waals surface area contributed by atoms with Crippen LogP contribution in [0.15, 0.2) is 84.9 Å². The smallest absolute Gasteiger partial charge is 0.0130 e. The van der Waals surface area contributed by atoms with Gasteiger partial charge in [-0.15, -0.1) is 0 Å². The van der Waals surface area contributed by atoms with E-state index in [9.17, 15) is 0 Å². The van der Waals surface area contributed by atoms with Crippen LogP contribution in [0.1, 0.15) is 48.9 Å². The van der Waals surface area contributed by atoms with Crippen LogP contribution in [0.5, 0.6) is 0 Å². The lowest BCUT2D eigenvalue weighted by Crippen LogP contribution is -2.11. The van der Waals surface area contributed by atoms with Crippen LogP contribution in [0.4, 0.5) is 0 Å². The summed E-state index contributed by atoms with van der Waals surface area (Å²) >= 11 is 0. The highest BCUT2D eigenvalue weighted by molar-refractivity contribution is 5.36. The van der Waals surface area contributed by atoms with E-state index in [1.165, 1.54) is 22.3 Å². The summed E-state index contributed by atoms with van der Waals surface area (Å²) < 4.78 is 0. The first-order valence-electron chi connectivity index (χ1n) is 8.73. The van der Waals surface area contributed by atoms with E-state index in [0.29, 0.717) is 5.92 Å². The van der Waals surface area contributed by atoms with Crippen LogP contribution < -0.4 is 0 Å². The molecule has 0 bridgehead atoms. The third-order valence-corrected chi connectivity index (χ3v) is 4.66. The first-order valence-corrected chi connectivity index (χ1v) is 8.73. The van der Waals surface area contributed by atoms with Crippen LogP contribution in [0.3, 0.4) is 0 Å². The normalized spacial score (nSPS) is 11.7. The van der Waals surface area contributed by atoms with Crippen LogP contribution in [0, 0.1) is 0 Å². The standard InChI is InChI=1S/C24H26/c1-24(2,3)22-16-14-19(15-17-22)18-23(20-10-6-4-7-11-20)21-12-8-5-9-13-21/h4-17,23H,18H2,1-3H3. The summed E-state index contributed by atoms with van der Waals surface area (Å²) in [4.78, 5) is 0. The molecule has 0 aliphatic heterocycles. The van der Waals surface area contributed by atoms with Gasteiger partial charge in [0.05, 0.1) is 0 Å². The molecule has 0 aliphatic rings. The molecule has 0 atom stereocenters. The molecule has 3 aromatic carbocycles. The van der Waals surface area contributed by atoms with Gasteiger partial charge in [0.1, 0.15) is 0 Å². The van der Waals surface area contributed by atoms with Gasteiger partial charge in [0.15, 0.2) is 0 Å². The molecule has 0 unspecified atom stereocenters. The van der Waals surface area contributed by atoms with Crippen LogP contribution in [-0.4, -0.2) is 0 Å². The lowest BCUT2D eigenvalue weighted by molar-refractivity contribution is 0.590. The molecule has 122 valence electrons. The van der Waals surface area contributed by atoms with Gasteiger partial charge in [-0.3, -0.25) is 0 Å². The molecule has 3 aromatic rings. The van der Waals surface area contributed by atoms with Gasteiger partial charge in [-0.25, -0.2) is 0 Å². The third-order valence-electron chi connectivity index (χ3n) is 4.66. The Morgan fingerprint density at radius 1 is 0.625 bits per heavy atom. The molecule has 0 amide bonds. The average molecular weight is 314 g/mol. The van der Waals surface area contributed by atoms with Gasteiger partial charge in [-0.1, -0.05) is 106 Å². The molecule has 0 aromatic heterocycles. The van der Waals surface area contributed by atoms with Crippen molar-refractivity contribution in [1.82, 2.24) is 0 Å². The summed E-state index contributed by atoms with van der Waals surface area (Å²) in [6, 6.07) is 30.8. The second-order valence-electron chi connectivity index (χ2n) is 7.53. The van der Waals surface area contributed by atoms with E-state index in [-0.39, 0.29) is 5.41 Å². The molecule has 0 heteroatoms. The summed E-state index contributed by atoms with van der Waals surface area (Å²) in [6.07, 6.45) is 1.03. The number of rotatable bonds is 4. The van der Waals surface area contributed by atoms with Crippen molar-refractivity contribution >= 4 is 0 Å². The van der Waals surface area contributed by atoms with Gasteiger partial charge in [-0.2, -0.15) is 0 Å². The molecule has 0 aliphatic carbocycles. The van der Waals surface area contributed by atoms with E-state index < -0.39 is 0 Å². The van der Waals surface area contributed by atoms with Crippen molar-refractivity contribution < 1.29 is 0 Å². The minimum atomic E-state index is 0.205. The molecule has 0 fully saturated rings. The molecular formula is C24H26. The first-order chi connectivity index (χ1) is 11.5. The Bertz CT molecular complexity index is 707. The number of benzene rings is 3. The maximum absolute atomic E-state index is 2.29. The molecule has 0 radical (unpaired) electrons. The highest BCUT2D eigenvalue weighted by Gasteiger charge is 2.16. The van der Waals surface area contributed by atoms with E-state index in [2.05, 4.69) is 106 Å². The average Bonchev–Trinajstić information content (AvgIpc) is 2.61. The van der Waals surface area contributed by atoms with Crippen molar-refractivity contribution in [3.8, 4) is 0 Å². The Hall–Kier alpha value is -2.34. The summed E-state index contributed by atoms with van der Waals surface area (Å²) in [5, 5.41) is 0.